The van der Waals surface area contributed by atoms with Crippen LogP contribution in [0.3, 0.4) is 0 Å². The van der Waals surface area contributed by atoms with Crippen LogP contribution in [-0.2, 0) is 13.1 Å². The second kappa shape index (κ2) is 6.68. The first-order valence-electron chi connectivity index (χ1n) is 6.38. The smallest absolute Gasteiger partial charge is 0.188 e. The van der Waals surface area contributed by atoms with Crippen LogP contribution in [0.1, 0.15) is 22.4 Å². The highest BCUT2D eigenvalue weighted by molar-refractivity contribution is 5.95. The largest absolute Gasteiger partial charge is 0.409 e. The highest BCUT2D eigenvalue weighted by Crippen LogP contribution is 2.05. The zero-order valence-corrected chi connectivity index (χ0v) is 11.4. The lowest BCUT2D eigenvalue weighted by molar-refractivity contribution is 0.318. The number of oxime groups is 1. The summed E-state index contributed by atoms with van der Waals surface area (Å²) in [4.78, 5) is 4.04. The molecule has 2 rings (SSSR count). The summed E-state index contributed by atoms with van der Waals surface area (Å²) in [6.45, 7) is 3.57. The molecule has 0 bridgehead atoms. The van der Waals surface area contributed by atoms with Gasteiger partial charge in [-0.3, -0.25) is 4.98 Å². The first-order valence-corrected chi connectivity index (χ1v) is 6.38. The predicted octanol–water partition coefficient (Wildman–Crippen LogP) is 1.77. The third-order valence-electron chi connectivity index (χ3n) is 2.94. The van der Waals surface area contributed by atoms with Crippen molar-refractivity contribution < 1.29 is 5.21 Å². The van der Waals surface area contributed by atoms with Crippen LogP contribution in [-0.4, -0.2) is 16.0 Å². The number of pyridine rings is 1. The van der Waals surface area contributed by atoms with Crippen LogP contribution in [0, 0.1) is 6.92 Å². The lowest BCUT2D eigenvalue weighted by Crippen LogP contribution is -2.17. The Bertz CT molecular complexity index is 610. The number of nitrogens with two attached hydrogens (primary N) is 1. The number of hydrogen-bond donors (Lipinski definition) is 3. The highest BCUT2D eigenvalue weighted by Gasteiger charge is 2.02. The number of aryl methyl sites for hydroxylation is 1. The fourth-order valence-corrected chi connectivity index (χ4v) is 1.95. The van der Waals surface area contributed by atoms with Gasteiger partial charge in [-0.2, -0.15) is 0 Å². The summed E-state index contributed by atoms with van der Waals surface area (Å²) < 4.78 is 0. The average Bonchev–Trinajstić information content (AvgIpc) is 2.47. The molecule has 5 nitrogen and oxygen atoms in total. The molecule has 20 heavy (non-hydrogen) atoms. The molecular formula is C15H18N4O. The Balaban J connectivity index is 1.94. The van der Waals surface area contributed by atoms with E-state index in [0.717, 1.165) is 12.1 Å². The van der Waals surface area contributed by atoms with E-state index in [1.807, 2.05) is 6.07 Å². The van der Waals surface area contributed by atoms with E-state index in [-0.39, 0.29) is 5.84 Å². The fraction of sp³-hybridized carbons (Fsp3) is 0.200. The number of aromatic nitrogens is 1. The molecule has 0 atom stereocenters. The molecule has 1 aromatic carbocycles. The Morgan fingerprint density at radius 1 is 1.25 bits per heavy atom. The second-order valence-corrected chi connectivity index (χ2v) is 4.63. The van der Waals surface area contributed by atoms with E-state index in [1.54, 1.807) is 12.3 Å². The van der Waals surface area contributed by atoms with Gasteiger partial charge in [0.2, 0.25) is 0 Å². The molecule has 0 saturated heterocycles. The van der Waals surface area contributed by atoms with E-state index < -0.39 is 0 Å². The average molecular weight is 270 g/mol. The highest BCUT2D eigenvalue weighted by atomic mass is 16.4. The van der Waals surface area contributed by atoms with Crippen molar-refractivity contribution in [3.63, 3.8) is 0 Å². The molecule has 1 aromatic heterocycles. The third-order valence-corrected chi connectivity index (χ3v) is 2.94. The van der Waals surface area contributed by atoms with E-state index in [0.29, 0.717) is 12.2 Å². The summed E-state index contributed by atoms with van der Waals surface area (Å²) in [6, 6.07) is 12.1. The number of nitrogens with one attached hydrogen (secondary N) is 1. The second-order valence-electron chi connectivity index (χ2n) is 4.63. The minimum absolute atomic E-state index is 0.0190. The SMILES string of the molecule is Cc1cccc(CNCc2ccnc(C(N)=NO)c2)c1. The minimum atomic E-state index is 0.0190. The maximum atomic E-state index is 8.64. The van der Waals surface area contributed by atoms with Crippen molar-refractivity contribution in [2.75, 3.05) is 0 Å². The number of hydrogen-bond acceptors (Lipinski definition) is 4. The topological polar surface area (TPSA) is 83.5 Å². The van der Waals surface area contributed by atoms with Gasteiger partial charge < -0.3 is 16.3 Å². The van der Waals surface area contributed by atoms with Crippen LogP contribution < -0.4 is 11.1 Å². The lowest BCUT2D eigenvalue weighted by atomic mass is 10.1. The Kier molecular flexibility index (Phi) is 4.68. The van der Waals surface area contributed by atoms with Crippen LogP contribution >= 0.6 is 0 Å². The molecule has 0 amide bonds. The van der Waals surface area contributed by atoms with Gasteiger partial charge in [0.25, 0.3) is 0 Å². The fourth-order valence-electron chi connectivity index (χ4n) is 1.95. The number of nitrogens with zero attached hydrogens (tertiary/aromatic N) is 2. The van der Waals surface area contributed by atoms with E-state index in [1.165, 1.54) is 11.1 Å². The quantitative estimate of drug-likeness (QED) is 0.335. The first kappa shape index (κ1) is 14.0. The van der Waals surface area contributed by atoms with Gasteiger partial charge in [0, 0.05) is 19.3 Å². The van der Waals surface area contributed by atoms with Gasteiger partial charge in [-0.25, -0.2) is 0 Å². The van der Waals surface area contributed by atoms with Gasteiger partial charge in [-0.15, -0.1) is 0 Å². The van der Waals surface area contributed by atoms with Crippen molar-refractivity contribution in [2.45, 2.75) is 20.0 Å². The van der Waals surface area contributed by atoms with Crippen molar-refractivity contribution in [3.05, 3.63) is 65.0 Å². The predicted molar refractivity (Wildman–Crippen MR) is 78.5 cm³/mol. The summed E-state index contributed by atoms with van der Waals surface area (Å²) in [5, 5.41) is 14.9. The molecule has 0 fully saturated rings. The maximum Gasteiger partial charge on any atom is 0.188 e. The molecule has 2 aromatic rings. The third kappa shape index (κ3) is 3.80. The monoisotopic (exact) mass is 270 g/mol. The van der Waals surface area contributed by atoms with E-state index in [9.17, 15) is 0 Å². The molecular weight excluding hydrogens is 252 g/mol. The summed E-state index contributed by atoms with van der Waals surface area (Å²) in [5.74, 6) is 0.0190. The normalized spacial score (nSPS) is 11.6. The first-order chi connectivity index (χ1) is 9.69. The zero-order chi connectivity index (χ0) is 14.4. The van der Waals surface area contributed by atoms with Crippen molar-refractivity contribution in [3.8, 4) is 0 Å². The molecule has 0 unspecified atom stereocenters. The van der Waals surface area contributed by atoms with Crippen LogP contribution in [0.25, 0.3) is 0 Å². The molecule has 0 spiro atoms. The standard InChI is InChI=1S/C15H18N4O/c1-11-3-2-4-12(7-11)9-17-10-13-5-6-18-14(8-13)15(16)19-20/h2-8,17,20H,9-10H2,1H3,(H2,16,19). The minimum Gasteiger partial charge on any atom is -0.409 e. The van der Waals surface area contributed by atoms with Gasteiger partial charge in [-0.05, 0) is 30.2 Å². The maximum absolute atomic E-state index is 8.64. The van der Waals surface area contributed by atoms with Gasteiger partial charge in [0.05, 0.1) is 0 Å². The van der Waals surface area contributed by atoms with Gasteiger partial charge in [-0.1, -0.05) is 35.0 Å². The molecule has 0 radical (unpaired) electrons. The number of amidine groups is 1. The van der Waals surface area contributed by atoms with Gasteiger partial charge in [0.1, 0.15) is 5.69 Å². The van der Waals surface area contributed by atoms with Gasteiger partial charge >= 0.3 is 0 Å². The van der Waals surface area contributed by atoms with Crippen molar-refractivity contribution in [1.82, 2.24) is 10.3 Å². The van der Waals surface area contributed by atoms with Crippen LogP contribution in [0.2, 0.25) is 0 Å². The van der Waals surface area contributed by atoms with E-state index in [4.69, 9.17) is 10.9 Å². The molecule has 5 heteroatoms. The Labute approximate surface area is 118 Å². The molecule has 0 aliphatic rings. The molecule has 0 saturated carbocycles. The summed E-state index contributed by atoms with van der Waals surface area (Å²) >= 11 is 0. The van der Waals surface area contributed by atoms with E-state index >= 15 is 0 Å². The number of benzene rings is 1. The molecule has 104 valence electrons. The Hall–Kier alpha value is -2.40. The summed E-state index contributed by atoms with van der Waals surface area (Å²) in [7, 11) is 0. The van der Waals surface area contributed by atoms with Crippen LogP contribution in [0.15, 0.2) is 47.8 Å². The Morgan fingerprint density at radius 3 is 2.70 bits per heavy atom. The Morgan fingerprint density at radius 2 is 2.00 bits per heavy atom. The molecule has 0 aliphatic carbocycles. The van der Waals surface area contributed by atoms with E-state index in [2.05, 4.69) is 46.6 Å². The van der Waals surface area contributed by atoms with Crippen LogP contribution in [0.4, 0.5) is 0 Å². The molecule has 4 N–H and O–H groups in total. The molecule has 0 aliphatic heterocycles. The molecule has 1 heterocycles. The lowest BCUT2D eigenvalue weighted by Gasteiger charge is -2.07. The number of rotatable bonds is 5. The van der Waals surface area contributed by atoms with Gasteiger partial charge in [0.15, 0.2) is 5.84 Å². The summed E-state index contributed by atoms with van der Waals surface area (Å²) in [5.41, 5.74) is 9.53. The summed E-state index contributed by atoms with van der Waals surface area (Å²) in [6.07, 6.45) is 1.65. The van der Waals surface area contributed by atoms with Crippen molar-refractivity contribution in [2.24, 2.45) is 10.9 Å². The van der Waals surface area contributed by atoms with Crippen molar-refractivity contribution >= 4 is 5.84 Å². The van der Waals surface area contributed by atoms with Crippen LogP contribution in [0.5, 0.6) is 0 Å². The van der Waals surface area contributed by atoms with Crippen molar-refractivity contribution in [1.29, 1.82) is 0 Å². The zero-order valence-electron chi connectivity index (χ0n) is 11.4.